The van der Waals surface area contributed by atoms with Gasteiger partial charge in [-0.15, -0.1) is 0 Å². The highest BCUT2D eigenvalue weighted by Gasteiger charge is 2.72. The van der Waals surface area contributed by atoms with Crippen molar-refractivity contribution in [1.29, 1.82) is 0 Å². The van der Waals surface area contributed by atoms with Gasteiger partial charge in [0.1, 0.15) is 18.5 Å². The Morgan fingerprint density at radius 1 is 0.795 bits per heavy atom. The van der Waals surface area contributed by atoms with Gasteiger partial charge in [-0.25, -0.2) is 0 Å². The monoisotopic (exact) mass is 536 g/mol. The Morgan fingerprint density at radius 3 is 2.41 bits per heavy atom. The van der Waals surface area contributed by atoms with Crippen molar-refractivity contribution in [3.8, 4) is 0 Å². The zero-order chi connectivity index (χ0) is 27.1. The van der Waals surface area contributed by atoms with E-state index in [1.165, 1.54) is 19.1 Å². The van der Waals surface area contributed by atoms with Crippen molar-refractivity contribution in [2.75, 3.05) is 26.2 Å². The second-order valence-corrected chi connectivity index (χ2v) is 13.0. The SMILES string of the molecule is O=CC12CCCCCCC=CCCCCN3CCC4C(CN5CCCC=CCC=CC=CC(O)C(O)C45C31)C2. The first-order valence-electron chi connectivity index (χ1n) is 16.1. The van der Waals surface area contributed by atoms with Gasteiger partial charge < -0.3 is 15.0 Å². The van der Waals surface area contributed by atoms with Crippen LogP contribution in [0.15, 0.2) is 48.6 Å². The third-order valence-electron chi connectivity index (χ3n) is 10.7. The number of aliphatic hydroxyl groups excluding tert-OH is 2. The molecule has 216 valence electrons. The summed E-state index contributed by atoms with van der Waals surface area (Å²) < 4.78 is 0. The minimum Gasteiger partial charge on any atom is -0.388 e. The van der Waals surface area contributed by atoms with E-state index in [2.05, 4.69) is 40.2 Å². The van der Waals surface area contributed by atoms with Gasteiger partial charge in [0.2, 0.25) is 0 Å². The van der Waals surface area contributed by atoms with Crippen molar-refractivity contribution in [3.63, 3.8) is 0 Å². The molecule has 5 rings (SSSR count). The third kappa shape index (κ3) is 5.80. The first kappa shape index (κ1) is 29.0. The van der Waals surface area contributed by atoms with Crippen LogP contribution in [0.1, 0.15) is 89.9 Å². The van der Waals surface area contributed by atoms with E-state index in [0.29, 0.717) is 11.8 Å². The molecule has 39 heavy (non-hydrogen) atoms. The summed E-state index contributed by atoms with van der Waals surface area (Å²) in [5.74, 6) is 0.714. The second kappa shape index (κ2) is 13.4. The van der Waals surface area contributed by atoms with E-state index < -0.39 is 23.2 Å². The van der Waals surface area contributed by atoms with Crippen molar-refractivity contribution in [1.82, 2.24) is 9.80 Å². The molecule has 5 aliphatic rings. The molecule has 1 saturated carbocycles. The smallest absolute Gasteiger partial charge is 0.127 e. The maximum atomic E-state index is 13.4. The van der Waals surface area contributed by atoms with Crippen molar-refractivity contribution in [2.24, 2.45) is 17.3 Å². The van der Waals surface area contributed by atoms with Crippen LogP contribution in [0.2, 0.25) is 0 Å². The number of hydrogen-bond acceptors (Lipinski definition) is 5. The zero-order valence-corrected chi connectivity index (χ0v) is 24.0. The number of aldehydes is 1. The summed E-state index contributed by atoms with van der Waals surface area (Å²) in [6.45, 7) is 3.80. The summed E-state index contributed by atoms with van der Waals surface area (Å²) in [6, 6.07) is -0.0577. The minimum absolute atomic E-state index is 0.0577. The fourth-order valence-corrected chi connectivity index (χ4v) is 9.17. The van der Waals surface area contributed by atoms with Gasteiger partial charge in [0.25, 0.3) is 0 Å². The third-order valence-corrected chi connectivity index (χ3v) is 10.7. The Balaban J connectivity index is 1.57. The fraction of sp³-hybridized carbons (Fsp3) is 0.735. The van der Waals surface area contributed by atoms with Crippen LogP contribution in [0, 0.1) is 17.3 Å². The topological polar surface area (TPSA) is 64.0 Å². The highest BCUT2D eigenvalue weighted by molar-refractivity contribution is 5.63. The van der Waals surface area contributed by atoms with Gasteiger partial charge in [-0.1, -0.05) is 67.9 Å². The number of allylic oxidation sites excluding steroid dienone is 7. The van der Waals surface area contributed by atoms with Gasteiger partial charge >= 0.3 is 0 Å². The molecule has 7 atom stereocenters. The van der Waals surface area contributed by atoms with Crippen LogP contribution in [0.3, 0.4) is 0 Å². The average Bonchev–Trinajstić information content (AvgIpc) is 3.17. The van der Waals surface area contributed by atoms with Crippen LogP contribution in [-0.4, -0.2) is 76.3 Å². The molecule has 2 saturated heterocycles. The number of carbonyl (C=O) groups excluding carboxylic acids is 1. The van der Waals surface area contributed by atoms with Crippen LogP contribution >= 0.6 is 0 Å². The standard InChI is InChI=1S/C34H52N2O3/c37-27-33-21-16-12-8-4-1-2-5-9-13-17-22-35-24-20-29-28(25-33)26-36-23-18-14-10-6-3-7-11-15-19-30(38)31(39)34(29,36)32(33)35/h2,5-7,10-11,15,19,27-32,38-39H,1,3-4,8-9,12-14,16-18,20-26H2. The molecule has 0 aromatic rings. The van der Waals surface area contributed by atoms with Gasteiger partial charge in [0, 0.05) is 18.0 Å². The second-order valence-electron chi connectivity index (χ2n) is 13.0. The maximum Gasteiger partial charge on any atom is 0.127 e. The van der Waals surface area contributed by atoms with E-state index in [9.17, 15) is 15.0 Å². The van der Waals surface area contributed by atoms with E-state index in [4.69, 9.17) is 0 Å². The van der Waals surface area contributed by atoms with Gasteiger partial charge in [0.15, 0.2) is 0 Å². The van der Waals surface area contributed by atoms with E-state index >= 15 is 0 Å². The number of carbonyl (C=O) groups is 1. The van der Waals surface area contributed by atoms with Crippen LogP contribution in [0.4, 0.5) is 0 Å². The average molecular weight is 537 g/mol. The molecule has 0 amide bonds. The molecule has 2 N–H and O–H groups in total. The molecular weight excluding hydrogens is 484 g/mol. The summed E-state index contributed by atoms with van der Waals surface area (Å²) in [6.07, 6.45) is 31.4. The first-order chi connectivity index (χ1) is 19.1. The van der Waals surface area contributed by atoms with Gasteiger partial charge in [-0.2, -0.15) is 0 Å². The summed E-state index contributed by atoms with van der Waals surface area (Å²) in [7, 11) is 0. The van der Waals surface area contributed by atoms with Crippen molar-refractivity contribution < 1.29 is 15.0 Å². The van der Waals surface area contributed by atoms with E-state index in [1.807, 2.05) is 12.2 Å². The number of piperidine rings is 1. The fourth-order valence-electron chi connectivity index (χ4n) is 9.17. The Labute approximate surface area is 236 Å². The van der Waals surface area contributed by atoms with Crippen molar-refractivity contribution >= 4 is 6.29 Å². The molecule has 4 bridgehead atoms. The Morgan fingerprint density at radius 2 is 1.56 bits per heavy atom. The Hall–Kier alpha value is -1.53. The highest BCUT2D eigenvalue weighted by atomic mass is 16.3. The molecule has 5 nitrogen and oxygen atoms in total. The van der Waals surface area contributed by atoms with E-state index in [0.717, 1.165) is 103 Å². The number of aliphatic hydroxyl groups is 2. The molecular formula is C34H52N2O3. The molecule has 4 heterocycles. The predicted molar refractivity (Wildman–Crippen MR) is 158 cm³/mol. The summed E-state index contributed by atoms with van der Waals surface area (Å²) in [5.41, 5.74) is -1.07. The van der Waals surface area contributed by atoms with Gasteiger partial charge in [-0.3, -0.25) is 9.80 Å². The van der Waals surface area contributed by atoms with Crippen LogP contribution in [-0.2, 0) is 4.79 Å². The minimum atomic E-state index is -0.957. The van der Waals surface area contributed by atoms with Crippen LogP contribution in [0.5, 0.6) is 0 Å². The number of rotatable bonds is 1. The lowest BCUT2D eigenvalue weighted by Gasteiger charge is -2.65. The molecule has 1 spiro atoms. The Bertz CT molecular complexity index is 927. The van der Waals surface area contributed by atoms with Crippen molar-refractivity contribution in [3.05, 3.63) is 48.6 Å². The molecule has 0 aromatic carbocycles. The molecule has 4 aliphatic heterocycles. The summed E-state index contributed by atoms with van der Waals surface area (Å²) in [4.78, 5) is 18.6. The molecule has 1 aliphatic carbocycles. The van der Waals surface area contributed by atoms with E-state index in [1.54, 1.807) is 6.08 Å². The summed E-state index contributed by atoms with van der Waals surface area (Å²) in [5, 5.41) is 23.8. The van der Waals surface area contributed by atoms with Crippen LogP contribution in [0.25, 0.3) is 0 Å². The van der Waals surface area contributed by atoms with Gasteiger partial charge in [0.05, 0.1) is 5.54 Å². The lowest BCUT2D eigenvalue weighted by molar-refractivity contribution is -0.190. The molecule has 5 heteroatoms. The first-order valence-corrected chi connectivity index (χ1v) is 16.1. The van der Waals surface area contributed by atoms with Gasteiger partial charge in [-0.05, 0) is 102 Å². The highest BCUT2D eigenvalue weighted by Crippen LogP contribution is 2.62. The maximum absolute atomic E-state index is 13.4. The zero-order valence-electron chi connectivity index (χ0n) is 24.0. The number of nitrogens with zero attached hydrogens (tertiary/aromatic N) is 2. The van der Waals surface area contributed by atoms with Crippen molar-refractivity contribution in [2.45, 2.75) is 114 Å². The number of hydrogen-bond donors (Lipinski definition) is 2. The normalized spacial score (nSPS) is 41.2. The Kier molecular flexibility index (Phi) is 9.97. The lowest BCUT2D eigenvalue weighted by Crippen LogP contribution is -2.78. The predicted octanol–water partition coefficient (Wildman–Crippen LogP) is 5.59. The van der Waals surface area contributed by atoms with Crippen LogP contribution < -0.4 is 0 Å². The molecule has 0 aromatic heterocycles. The quantitative estimate of drug-likeness (QED) is 0.338. The lowest BCUT2D eigenvalue weighted by atomic mass is 9.50. The molecule has 7 unspecified atom stereocenters. The summed E-state index contributed by atoms with van der Waals surface area (Å²) >= 11 is 0. The largest absolute Gasteiger partial charge is 0.388 e. The molecule has 3 fully saturated rings. The van der Waals surface area contributed by atoms with E-state index in [-0.39, 0.29) is 6.04 Å². The molecule has 0 radical (unpaired) electrons.